The van der Waals surface area contributed by atoms with Gasteiger partial charge in [-0.1, -0.05) is 0 Å². The van der Waals surface area contributed by atoms with E-state index in [1.807, 2.05) is 9.62 Å². The molecule has 2 bridgehead atoms. The molecule has 0 aliphatic carbocycles. The molecule has 2 aromatic carbocycles. The number of benzene rings is 2. The van der Waals surface area contributed by atoms with E-state index in [0.29, 0.717) is 37.3 Å². The number of halogens is 4. The Morgan fingerprint density at radius 1 is 1.15 bits per heavy atom. The van der Waals surface area contributed by atoms with Gasteiger partial charge in [-0.15, -0.1) is 11.8 Å². The first-order valence-electron chi connectivity index (χ1n) is 12.9. The summed E-state index contributed by atoms with van der Waals surface area (Å²) in [5.74, 6) is -3.31. The molecule has 14 heteroatoms. The third kappa shape index (κ3) is 6.56. The summed E-state index contributed by atoms with van der Waals surface area (Å²) in [6.07, 6.45) is 0.0968. The van der Waals surface area contributed by atoms with E-state index in [-0.39, 0.29) is 44.6 Å². The molecule has 3 fully saturated rings. The molecule has 2 N–H and O–H groups in total. The van der Waals surface area contributed by atoms with Gasteiger partial charge in [0.2, 0.25) is 0 Å². The van der Waals surface area contributed by atoms with Crippen molar-refractivity contribution >= 4 is 33.4 Å². The summed E-state index contributed by atoms with van der Waals surface area (Å²) >= 11 is 1.35. The maximum absolute atomic E-state index is 15.1. The van der Waals surface area contributed by atoms with Gasteiger partial charge in [-0.2, -0.15) is 0 Å². The molecule has 3 atom stereocenters. The number of ether oxygens (including phenoxy) is 2. The lowest BCUT2D eigenvalue weighted by Gasteiger charge is -2.35. The highest BCUT2D eigenvalue weighted by atomic mass is 32.2. The second-order valence-corrected chi connectivity index (χ2v) is 13.0. The summed E-state index contributed by atoms with van der Waals surface area (Å²) in [6, 6.07) is 6.58. The molecule has 3 heterocycles. The number of hydrogen-bond donors (Lipinski definition) is 2. The predicted octanol–water partition coefficient (Wildman–Crippen LogP) is 3.47. The van der Waals surface area contributed by atoms with Crippen LogP contribution in [-0.4, -0.2) is 81.7 Å². The van der Waals surface area contributed by atoms with E-state index in [1.165, 1.54) is 23.9 Å². The SMILES string of the molecule is O=C(NS(=O)(=O)c1cc(F)c(N[C@H](CCN2CC(F)C2)CSc2ccc(F)cc2)c(F)c1)[C@@]12CO[C@@H](CCO1)C2. The zero-order valence-electron chi connectivity index (χ0n) is 21.4. The van der Waals surface area contributed by atoms with Crippen molar-refractivity contribution in [2.75, 3.05) is 43.9 Å². The van der Waals surface area contributed by atoms with Crippen molar-refractivity contribution in [2.24, 2.45) is 0 Å². The van der Waals surface area contributed by atoms with Gasteiger partial charge in [-0.25, -0.2) is 30.7 Å². The minimum atomic E-state index is -4.62. The molecular formula is C26H29F4N3O5S2. The molecule has 0 aromatic heterocycles. The largest absolute Gasteiger partial charge is 0.377 e. The Kier molecular flexibility index (Phi) is 8.62. The van der Waals surface area contributed by atoms with Crippen LogP contribution < -0.4 is 10.0 Å². The van der Waals surface area contributed by atoms with Crippen LogP contribution in [0.2, 0.25) is 0 Å². The fraction of sp³-hybridized carbons (Fsp3) is 0.500. The van der Waals surface area contributed by atoms with Crippen molar-refractivity contribution in [3.63, 3.8) is 0 Å². The summed E-state index contributed by atoms with van der Waals surface area (Å²) in [5, 5.41) is 2.82. The lowest BCUT2D eigenvalue weighted by atomic mass is 9.95. The van der Waals surface area contributed by atoms with Gasteiger partial charge in [-0.05, 0) is 49.2 Å². The number of anilines is 1. The van der Waals surface area contributed by atoms with Gasteiger partial charge in [0.05, 0.1) is 24.2 Å². The van der Waals surface area contributed by atoms with Gasteiger partial charge < -0.3 is 14.8 Å². The second kappa shape index (κ2) is 11.8. The number of thioether (sulfide) groups is 1. The third-order valence-electron chi connectivity index (χ3n) is 7.21. The van der Waals surface area contributed by atoms with Crippen LogP contribution in [0.3, 0.4) is 0 Å². The van der Waals surface area contributed by atoms with E-state index >= 15 is 8.78 Å². The molecular weight excluding hydrogens is 574 g/mol. The van der Waals surface area contributed by atoms with Crippen LogP contribution in [0.5, 0.6) is 0 Å². The van der Waals surface area contributed by atoms with Crippen molar-refractivity contribution in [2.45, 2.75) is 53.0 Å². The molecule has 3 saturated heterocycles. The van der Waals surface area contributed by atoms with E-state index in [4.69, 9.17) is 9.47 Å². The number of fused-ring (bicyclic) bond motifs is 2. The number of nitrogens with one attached hydrogen (secondary N) is 2. The van der Waals surface area contributed by atoms with Crippen LogP contribution in [-0.2, 0) is 24.3 Å². The maximum Gasteiger partial charge on any atom is 0.268 e. The topological polar surface area (TPSA) is 97.0 Å². The van der Waals surface area contributed by atoms with Crippen molar-refractivity contribution in [3.8, 4) is 0 Å². The quantitative estimate of drug-likeness (QED) is 0.298. The van der Waals surface area contributed by atoms with Crippen LogP contribution in [0.1, 0.15) is 19.3 Å². The van der Waals surface area contributed by atoms with Gasteiger partial charge in [0.15, 0.2) is 17.2 Å². The highest BCUT2D eigenvalue weighted by Gasteiger charge is 2.51. The first-order chi connectivity index (χ1) is 19.0. The predicted molar refractivity (Wildman–Crippen MR) is 140 cm³/mol. The van der Waals surface area contributed by atoms with E-state index < -0.39 is 56.0 Å². The number of sulfonamides is 1. The molecule has 8 nitrogen and oxygen atoms in total. The fourth-order valence-corrected chi connectivity index (χ4v) is 6.94. The number of carbonyl (C=O) groups excluding carboxylic acids is 1. The lowest BCUT2D eigenvalue weighted by Crippen LogP contribution is -2.52. The number of rotatable bonds is 11. The Bertz CT molecular complexity index is 1320. The van der Waals surface area contributed by atoms with Gasteiger partial charge in [0.25, 0.3) is 15.9 Å². The average molecular weight is 604 g/mol. The Morgan fingerprint density at radius 2 is 1.85 bits per heavy atom. The van der Waals surface area contributed by atoms with Gasteiger partial charge >= 0.3 is 0 Å². The summed E-state index contributed by atoms with van der Waals surface area (Å²) in [4.78, 5) is 14.7. The van der Waals surface area contributed by atoms with Gasteiger partial charge in [0, 0.05) is 42.7 Å². The number of hydrogen-bond acceptors (Lipinski definition) is 8. The molecule has 0 spiro atoms. The zero-order chi connectivity index (χ0) is 28.5. The van der Waals surface area contributed by atoms with E-state index in [0.717, 1.165) is 4.90 Å². The smallest absolute Gasteiger partial charge is 0.268 e. The minimum Gasteiger partial charge on any atom is -0.377 e. The Balaban J connectivity index is 1.28. The van der Waals surface area contributed by atoms with E-state index in [1.54, 1.807) is 12.1 Å². The Labute approximate surface area is 233 Å². The average Bonchev–Trinajstić information content (AvgIpc) is 3.20. The number of carbonyl (C=O) groups is 1. The fourth-order valence-electron chi connectivity index (χ4n) is 4.91. The molecule has 3 aliphatic heterocycles. The Morgan fingerprint density at radius 3 is 2.52 bits per heavy atom. The summed E-state index contributed by atoms with van der Waals surface area (Å²) < 4.78 is 95.4. The van der Waals surface area contributed by atoms with Crippen molar-refractivity contribution in [1.29, 1.82) is 0 Å². The molecule has 3 aliphatic rings. The van der Waals surface area contributed by atoms with Crippen molar-refractivity contribution in [3.05, 3.63) is 53.8 Å². The van der Waals surface area contributed by atoms with Crippen LogP contribution >= 0.6 is 11.8 Å². The number of alkyl halides is 1. The maximum atomic E-state index is 15.1. The van der Waals surface area contributed by atoms with Crippen LogP contribution in [0.15, 0.2) is 46.2 Å². The summed E-state index contributed by atoms with van der Waals surface area (Å²) in [6.45, 7) is 1.19. The Hall–Kier alpha value is -2.39. The molecule has 1 amide bonds. The van der Waals surface area contributed by atoms with E-state index in [9.17, 15) is 22.0 Å². The number of likely N-dealkylation sites (tertiary alicyclic amines) is 1. The zero-order valence-corrected chi connectivity index (χ0v) is 23.0. The van der Waals surface area contributed by atoms with Crippen molar-refractivity contribution < 1.29 is 40.2 Å². The first kappa shape index (κ1) is 29.1. The second-order valence-electron chi connectivity index (χ2n) is 10.2. The number of nitrogens with zero attached hydrogens (tertiary/aromatic N) is 1. The van der Waals surface area contributed by atoms with Crippen LogP contribution in [0, 0.1) is 17.5 Å². The van der Waals surface area contributed by atoms with E-state index in [2.05, 4.69) is 5.32 Å². The van der Waals surface area contributed by atoms with Crippen LogP contribution in [0.4, 0.5) is 23.2 Å². The lowest BCUT2D eigenvalue weighted by molar-refractivity contribution is -0.146. The molecule has 218 valence electrons. The highest BCUT2D eigenvalue weighted by molar-refractivity contribution is 7.99. The summed E-state index contributed by atoms with van der Waals surface area (Å²) in [5.41, 5.74) is -1.98. The monoisotopic (exact) mass is 603 g/mol. The minimum absolute atomic E-state index is 0.106. The molecule has 0 saturated carbocycles. The van der Waals surface area contributed by atoms with Gasteiger partial charge in [0.1, 0.15) is 17.7 Å². The normalized spacial score (nSPS) is 23.9. The number of amides is 1. The third-order valence-corrected chi connectivity index (χ3v) is 9.70. The van der Waals surface area contributed by atoms with Gasteiger partial charge in [-0.3, -0.25) is 9.69 Å². The summed E-state index contributed by atoms with van der Waals surface area (Å²) in [7, 11) is -4.62. The highest BCUT2D eigenvalue weighted by Crippen LogP contribution is 2.35. The van der Waals surface area contributed by atoms with Crippen molar-refractivity contribution in [1.82, 2.24) is 9.62 Å². The molecule has 5 rings (SSSR count). The van der Waals surface area contributed by atoms with Crippen LogP contribution in [0.25, 0.3) is 0 Å². The molecule has 0 unspecified atom stereocenters. The standard InChI is InChI=1S/C26H29F4N3O5S2/c27-16-1-3-20(4-2-16)39-14-18(5-7-33-12-17(28)13-33)31-24-22(29)9-21(10-23(24)30)40(35,36)32-25(34)26-11-19(37-15-26)6-8-38-26/h1-4,9-10,17-19,31H,5-8,11-15H2,(H,32,34)/t18-,19+,26-/m1/s1. The molecule has 0 radical (unpaired) electrons. The molecule has 40 heavy (non-hydrogen) atoms. The first-order valence-corrected chi connectivity index (χ1v) is 15.3. The molecule has 2 aromatic rings.